The quantitative estimate of drug-likeness (QED) is 0.271. The van der Waals surface area contributed by atoms with Crippen LogP contribution in [0.4, 0.5) is 4.39 Å². The first-order valence-corrected chi connectivity index (χ1v) is 11.6. The molecule has 5 nitrogen and oxygen atoms in total. The first kappa shape index (κ1) is 25.7. The second kappa shape index (κ2) is 13.1. The van der Waals surface area contributed by atoms with Crippen molar-refractivity contribution in [3.63, 3.8) is 0 Å². The number of carboxylic acid groups (broad SMARTS) is 2. The molecule has 0 heterocycles. The van der Waals surface area contributed by atoms with E-state index >= 15 is 0 Å². The topological polar surface area (TPSA) is 83.8 Å². The lowest BCUT2D eigenvalue weighted by molar-refractivity contribution is -0.137. The molecule has 0 saturated heterocycles. The van der Waals surface area contributed by atoms with Crippen LogP contribution < -0.4 is 4.74 Å². The van der Waals surface area contributed by atoms with Crippen LogP contribution in [0.5, 0.6) is 5.75 Å². The predicted molar refractivity (Wildman–Crippen MR) is 133 cm³/mol. The lowest BCUT2D eigenvalue weighted by atomic mass is 9.92. The zero-order valence-corrected chi connectivity index (χ0v) is 19.4. The van der Waals surface area contributed by atoms with Gasteiger partial charge in [-0.1, -0.05) is 61.0 Å². The van der Waals surface area contributed by atoms with Crippen LogP contribution in [0, 0.1) is 11.7 Å². The van der Waals surface area contributed by atoms with Gasteiger partial charge in [-0.25, -0.2) is 9.18 Å². The Bertz CT molecular complexity index is 1140. The second-order valence-corrected chi connectivity index (χ2v) is 8.42. The summed E-state index contributed by atoms with van der Waals surface area (Å²) in [5, 5.41) is 18.0. The summed E-state index contributed by atoms with van der Waals surface area (Å²) in [6, 6.07) is 20.7. The van der Waals surface area contributed by atoms with Crippen molar-refractivity contribution in [3.8, 4) is 5.75 Å². The van der Waals surface area contributed by atoms with Crippen molar-refractivity contribution in [1.82, 2.24) is 0 Å². The number of aliphatic carboxylic acids is 1. The fraction of sp³-hybridized carbons (Fsp3) is 0.241. The van der Waals surface area contributed by atoms with E-state index in [0.29, 0.717) is 25.2 Å². The van der Waals surface area contributed by atoms with Crippen LogP contribution >= 0.6 is 0 Å². The number of rotatable bonds is 13. The van der Waals surface area contributed by atoms with E-state index in [9.17, 15) is 14.0 Å². The summed E-state index contributed by atoms with van der Waals surface area (Å²) >= 11 is 0. The van der Waals surface area contributed by atoms with Crippen LogP contribution in [0.15, 0.2) is 78.9 Å². The number of unbranched alkanes of at least 4 members (excludes halogenated alkanes) is 1. The number of aromatic carboxylic acids is 1. The summed E-state index contributed by atoms with van der Waals surface area (Å²) in [5.74, 6) is -1.19. The fourth-order valence-electron chi connectivity index (χ4n) is 3.77. The van der Waals surface area contributed by atoms with E-state index in [-0.39, 0.29) is 23.7 Å². The highest BCUT2D eigenvalue weighted by atomic mass is 19.1. The number of ether oxygens (including phenoxy) is 1. The molecule has 3 aromatic carbocycles. The number of benzene rings is 3. The van der Waals surface area contributed by atoms with Crippen molar-refractivity contribution in [2.75, 3.05) is 0 Å². The van der Waals surface area contributed by atoms with Crippen molar-refractivity contribution in [2.24, 2.45) is 5.92 Å². The van der Waals surface area contributed by atoms with Gasteiger partial charge in [0.2, 0.25) is 0 Å². The van der Waals surface area contributed by atoms with Crippen LogP contribution in [-0.4, -0.2) is 22.2 Å². The van der Waals surface area contributed by atoms with Crippen LogP contribution in [0.3, 0.4) is 0 Å². The van der Waals surface area contributed by atoms with Gasteiger partial charge in [0.15, 0.2) is 0 Å². The molecule has 0 aliphatic heterocycles. The molecule has 3 aromatic rings. The molecular weight excluding hydrogens is 447 g/mol. The average Bonchev–Trinajstić information content (AvgIpc) is 2.85. The minimum atomic E-state index is -0.959. The molecule has 0 bridgehead atoms. The molecule has 6 heteroatoms. The maximum atomic E-state index is 13.1. The zero-order chi connectivity index (χ0) is 25.0. The van der Waals surface area contributed by atoms with E-state index in [1.54, 1.807) is 24.3 Å². The van der Waals surface area contributed by atoms with Crippen molar-refractivity contribution >= 4 is 18.0 Å². The zero-order valence-electron chi connectivity index (χ0n) is 19.4. The molecule has 0 aliphatic carbocycles. The Morgan fingerprint density at radius 2 is 1.57 bits per heavy atom. The summed E-state index contributed by atoms with van der Waals surface area (Å²) in [6.07, 6.45) is 7.15. The monoisotopic (exact) mass is 476 g/mol. The van der Waals surface area contributed by atoms with E-state index in [1.165, 1.54) is 12.1 Å². The second-order valence-electron chi connectivity index (χ2n) is 8.42. The number of carboxylic acids is 2. The number of allylic oxidation sites excluding steroid dienone is 1. The first-order valence-electron chi connectivity index (χ1n) is 11.6. The Kier molecular flexibility index (Phi) is 9.60. The molecule has 3 rings (SSSR count). The molecule has 0 fully saturated rings. The molecule has 0 saturated carbocycles. The van der Waals surface area contributed by atoms with Gasteiger partial charge in [0.1, 0.15) is 18.2 Å². The lowest BCUT2D eigenvalue weighted by Gasteiger charge is -2.14. The normalized spacial score (nSPS) is 11.9. The van der Waals surface area contributed by atoms with E-state index in [4.69, 9.17) is 14.9 Å². The van der Waals surface area contributed by atoms with Crippen LogP contribution in [0.1, 0.15) is 52.7 Å². The van der Waals surface area contributed by atoms with Gasteiger partial charge in [0, 0.05) is 12.0 Å². The molecule has 0 amide bonds. The highest BCUT2D eigenvalue weighted by Gasteiger charge is 2.10. The Hall–Kier alpha value is -3.93. The van der Waals surface area contributed by atoms with Gasteiger partial charge in [-0.15, -0.1) is 0 Å². The molecule has 1 unspecified atom stereocenters. The van der Waals surface area contributed by atoms with Gasteiger partial charge in [0.25, 0.3) is 0 Å². The molecule has 2 N–H and O–H groups in total. The number of carbonyl (C=O) groups is 2. The number of para-hydroxylation sites is 1. The SMILES string of the molecule is O=C(O)CCCCC(/C=C/c1ccccc1OCc1ccc(F)cc1)Cc1ccc(C(=O)O)cc1. The highest BCUT2D eigenvalue weighted by molar-refractivity contribution is 5.87. The summed E-state index contributed by atoms with van der Waals surface area (Å²) in [6.45, 7) is 0.319. The van der Waals surface area contributed by atoms with Gasteiger partial charge in [-0.3, -0.25) is 4.79 Å². The van der Waals surface area contributed by atoms with Crippen molar-refractivity contribution in [2.45, 2.75) is 38.7 Å². The molecule has 0 aromatic heterocycles. The Labute approximate surface area is 204 Å². The third-order valence-electron chi connectivity index (χ3n) is 5.69. The van der Waals surface area contributed by atoms with E-state index in [0.717, 1.165) is 29.5 Å². The molecule has 182 valence electrons. The molecule has 35 heavy (non-hydrogen) atoms. The first-order chi connectivity index (χ1) is 16.9. The maximum absolute atomic E-state index is 13.1. The molecule has 1 atom stereocenters. The predicted octanol–water partition coefficient (Wildman–Crippen LogP) is 6.62. The van der Waals surface area contributed by atoms with E-state index in [2.05, 4.69) is 6.08 Å². The number of hydrogen-bond donors (Lipinski definition) is 2. The fourth-order valence-corrected chi connectivity index (χ4v) is 3.77. The lowest BCUT2D eigenvalue weighted by Crippen LogP contribution is -2.04. The molecule has 0 aliphatic rings. The van der Waals surface area contributed by atoms with Gasteiger partial charge in [-0.05, 0) is 66.6 Å². The minimum absolute atomic E-state index is 0.143. The Morgan fingerprint density at radius 1 is 0.886 bits per heavy atom. The Balaban J connectivity index is 1.70. The van der Waals surface area contributed by atoms with Crippen LogP contribution in [-0.2, 0) is 17.8 Å². The summed E-state index contributed by atoms with van der Waals surface area (Å²) < 4.78 is 19.1. The van der Waals surface area contributed by atoms with Crippen LogP contribution in [0.25, 0.3) is 6.08 Å². The number of halogens is 1. The van der Waals surface area contributed by atoms with Gasteiger partial charge >= 0.3 is 11.9 Å². The smallest absolute Gasteiger partial charge is 0.335 e. The third kappa shape index (κ3) is 8.74. The Morgan fingerprint density at radius 3 is 2.26 bits per heavy atom. The average molecular weight is 477 g/mol. The summed E-state index contributed by atoms with van der Waals surface area (Å²) in [7, 11) is 0. The van der Waals surface area contributed by atoms with Gasteiger partial charge < -0.3 is 14.9 Å². The minimum Gasteiger partial charge on any atom is -0.488 e. The largest absolute Gasteiger partial charge is 0.488 e. The molecule has 0 radical (unpaired) electrons. The van der Waals surface area contributed by atoms with Gasteiger partial charge in [0.05, 0.1) is 5.56 Å². The molecular formula is C29H29FO5. The third-order valence-corrected chi connectivity index (χ3v) is 5.69. The summed E-state index contributed by atoms with van der Waals surface area (Å²) in [4.78, 5) is 22.0. The van der Waals surface area contributed by atoms with E-state index in [1.807, 2.05) is 42.5 Å². The summed E-state index contributed by atoms with van der Waals surface area (Å²) in [5.41, 5.74) is 3.04. The van der Waals surface area contributed by atoms with Gasteiger partial charge in [-0.2, -0.15) is 0 Å². The van der Waals surface area contributed by atoms with E-state index < -0.39 is 11.9 Å². The van der Waals surface area contributed by atoms with Crippen molar-refractivity contribution in [3.05, 3.63) is 107 Å². The number of hydrogen-bond acceptors (Lipinski definition) is 3. The van der Waals surface area contributed by atoms with Crippen molar-refractivity contribution in [1.29, 1.82) is 0 Å². The highest BCUT2D eigenvalue weighted by Crippen LogP contribution is 2.24. The van der Waals surface area contributed by atoms with Crippen LogP contribution in [0.2, 0.25) is 0 Å². The maximum Gasteiger partial charge on any atom is 0.335 e. The molecule has 0 spiro atoms. The standard InChI is InChI=1S/C29H29FO5/c30-26-17-12-23(13-18-26)20-35-27-7-3-2-6-24(27)14-9-21(5-1-4-8-28(31)32)19-22-10-15-25(16-11-22)29(33)34/h2-3,6-7,9-18,21H,1,4-5,8,19-20H2,(H,31,32)(H,33,34)/b14-9+. The van der Waals surface area contributed by atoms with Crippen molar-refractivity contribution < 1.29 is 28.9 Å².